The molecule has 1 saturated heterocycles. The van der Waals surface area contributed by atoms with Crippen LogP contribution in [0.2, 0.25) is 5.15 Å². The molecule has 1 amide bonds. The molecule has 0 radical (unpaired) electrons. The lowest BCUT2D eigenvalue weighted by Gasteiger charge is -2.32. The number of rotatable bonds is 2. The number of amides is 1. The van der Waals surface area contributed by atoms with Crippen molar-refractivity contribution in [3.63, 3.8) is 0 Å². The molecule has 25 heavy (non-hydrogen) atoms. The number of hydrogen-bond acceptors (Lipinski definition) is 4. The Bertz CT molecular complexity index is 930. The highest BCUT2D eigenvalue weighted by Crippen LogP contribution is 2.33. The molecule has 6 nitrogen and oxygen atoms in total. The molecule has 0 aliphatic carbocycles. The SMILES string of the molecule is Nc1nc(Cl)ccc1C(=O)N1CCC(c2c[nH]c3ncccc23)CC1. The van der Waals surface area contributed by atoms with E-state index in [9.17, 15) is 4.79 Å². The number of likely N-dealkylation sites (tertiary alicyclic amines) is 1. The Kier molecular flexibility index (Phi) is 4.05. The van der Waals surface area contributed by atoms with E-state index in [1.807, 2.05) is 17.2 Å². The summed E-state index contributed by atoms with van der Waals surface area (Å²) in [5.74, 6) is 0.519. The maximum atomic E-state index is 12.7. The largest absolute Gasteiger partial charge is 0.383 e. The molecule has 0 saturated carbocycles. The summed E-state index contributed by atoms with van der Waals surface area (Å²) >= 11 is 5.81. The summed E-state index contributed by atoms with van der Waals surface area (Å²) in [7, 11) is 0. The van der Waals surface area contributed by atoms with E-state index in [1.54, 1.807) is 18.3 Å². The molecule has 128 valence electrons. The molecular formula is C18H18ClN5O. The van der Waals surface area contributed by atoms with E-state index in [4.69, 9.17) is 17.3 Å². The van der Waals surface area contributed by atoms with Crippen LogP contribution in [-0.2, 0) is 0 Å². The van der Waals surface area contributed by atoms with Gasteiger partial charge in [0.15, 0.2) is 0 Å². The van der Waals surface area contributed by atoms with Gasteiger partial charge in [-0.25, -0.2) is 9.97 Å². The Balaban J connectivity index is 1.49. The monoisotopic (exact) mass is 355 g/mol. The lowest BCUT2D eigenvalue weighted by molar-refractivity contribution is 0.0714. The molecule has 1 aliphatic rings. The van der Waals surface area contributed by atoms with Gasteiger partial charge in [0.2, 0.25) is 0 Å². The van der Waals surface area contributed by atoms with E-state index in [2.05, 4.69) is 21.0 Å². The number of H-pyrrole nitrogens is 1. The summed E-state index contributed by atoms with van der Waals surface area (Å²) in [6, 6.07) is 7.28. The number of carbonyl (C=O) groups excluding carboxylic acids is 1. The Morgan fingerprint density at radius 3 is 2.84 bits per heavy atom. The van der Waals surface area contributed by atoms with E-state index in [0.29, 0.717) is 29.7 Å². The average Bonchev–Trinajstić information content (AvgIpc) is 3.05. The topological polar surface area (TPSA) is 87.9 Å². The zero-order chi connectivity index (χ0) is 17.4. The summed E-state index contributed by atoms with van der Waals surface area (Å²) < 4.78 is 0. The maximum Gasteiger partial charge on any atom is 0.257 e. The fraction of sp³-hybridized carbons (Fsp3) is 0.278. The number of fused-ring (bicyclic) bond motifs is 1. The average molecular weight is 356 g/mol. The van der Waals surface area contributed by atoms with Crippen molar-refractivity contribution in [1.82, 2.24) is 19.9 Å². The van der Waals surface area contributed by atoms with Crippen LogP contribution in [0.4, 0.5) is 5.82 Å². The molecule has 0 spiro atoms. The van der Waals surface area contributed by atoms with Crippen molar-refractivity contribution in [3.05, 3.63) is 52.9 Å². The van der Waals surface area contributed by atoms with Crippen LogP contribution >= 0.6 is 11.6 Å². The standard InChI is InChI=1S/C18H18ClN5O/c19-15-4-3-13(16(20)23-15)18(25)24-8-5-11(6-9-24)14-10-22-17-12(14)2-1-7-21-17/h1-4,7,10-11H,5-6,8-9H2,(H2,20,23)(H,21,22). The summed E-state index contributed by atoms with van der Waals surface area (Å²) in [5.41, 5.74) is 8.45. The maximum absolute atomic E-state index is 12.7. The number of aromatic nitrogens is 3. The Morgan fingerprint density at radius 2 is 2.08 bits per heavy atom. The first kappa shape index (κ1) is 15.9. The third-order valence-corrected chi connectivity index (χ3v) is 5.04. The number of pyridine rings is 2. The highest BCUT2D eigenvalue weighted by Gasteiger charge is 2.27. The number of aromatic amines is 1. The fourth-order valence-electron chi connectivity index (χ4n) is 3.51. The van der Waals surface area contributed by atoms with Gasteiger partial charge in [-0.05, 0) is 48.6 Å². The lowest BCUT2D eigenvalue weighted by atomic mass is 9.89. The van der Waals surface area contributed by atoms with Crippen molar-refractivity contribution in [1.29, 1.82) is 0 Å². The lowest BCUT2D eigenvalue weighted by Crippen LogP contribution is -2.38. The number of hydrogen-bond donors (Lipinski definition) is 2. The predicted octanol–water partition coefficient (Wildman–Crippen LogP) is 3.21. The Morgan fingerprint density at radius 1 is 1.28 bits per heavy atom. The van der Waals surface area contributed by atoms with Crippen molar-refractivity contribution >= 4 is 34.4 Å². The number of nitrogens with two attached hydrogens (primary N) is 1. The predicted molar refractivity (Wildman–Crippen MR) is 97.6 cm³/mol. The number of piperidine rings is 1. The summed E-state index contributed by atoms with van der Waals surface area (Å²) in [5, 5.41) is 1.46. The second-order valence-electron chi connectivity index (χ2n) is 6.28. The molecule has 7 heteroatoms. The van der Waals surface area contributed by atoms with Gasteiger partial charge in [0.05, 0.1) is 5.56 Å². The molecule has 3 N–H and O–H groups in total. The summed E-state index contributed by atoms with van der Waals surface area (Å²) in [6.45, 7) is 1.39. The second kappa shape index (κ2) is 6.37. The highest BCUT2D eigenvalue weighted by atomic mass is 35.5. The van der Waals surface area contributed by atoms with Crippen LogP contribution in [0.25, 0.3) is 11.0 Å². The number of nitrogen functional groups attached to an aromatic ring is 1. The van der Waals surface area contributed by atoms with Crippen molar-refractivity contribution < 1.29 is 4.79 Å². The second-order valence-corrected chi connectivity index (χ2v) is 6.66. The molecular weight excluding hydrogens is 338 g/mol. The summed E-state index contributed by atoms with van der Waals surface area (Å²) in [6.07, 6.45) is 5.65. The zero-order valence-electron chi connectivity index (χ0n) is 13.6. The first-order valence-electron chi connectivity index (χ1n) is 8.27. The third kappa shape index (κ3) is 2.93. The van der Waals surface area contributed by atoms with Gasteiger partial charge in [0, 0.05) is 30.9 Å². The molecule has 4 rings (SSSR count). The molecule has 4 heterocycles. The highest BCUT2D eigenvalue weighted by molar-refractivity contribution is 6.29. The van der Waals surface area contributed by atoms with Crippen LogP contribution in [-0.4, -0.2) is 38.8 Å². The molecule has 3 aromatic heterocycles. The smallest absolute Gasteiger partial charge is 0.257 e. The van der Waals surface area contributed by atoms with Crippen LogP contribution in [0.5, 0.6) is 0 Å². The Hall–Kier alpha value is -2.60. The van der Waals surface area contributed by atoms with Crippen LogP contribution < -0.4 is 5.73 Å². The number of nitrogens with one attached hydrogen (secondary N) is 1. The quantitative estimate of drug-likeness (QED) is 0.691. The van der Waals surface area contributed by atoms with Crippen molar-refractivity contribution in [2.24, 2.45) is 0 Å². The van der Waals surface area contributed by atoms with Gasteiger partial charge in [0.1, 0.15) is 16.6 Å². The number of nitrogens with zero attached hydrogens (tertiary/aromatic N) is 3. The third-order valence-electron chi connectivity index (χ3n) is 4.83. The molecule has 3 aromatic rings. The van der Waals surface area contributed by atoms with E-state index >= 15 is 0 Å². The Labute approximate surface area is 150 Å². The van der Waals surface area contributed by atoms with Gasteiger partial charge in [-0.2, -0.15) is 0 Å². The van der Waals surface area contributed by atoms with Gasteiger partial charge in [-0.15, -0.1) is 0 Å². The minimum Gasteiger partial charge on any atom is -0.383 e. The van der Waals surface area contributed by atoms with E-state index in [1.165, 1.54) is 10.9 Å². The van der Waals surface area contributed by atoms with Crippen LogP contribution in [0.15, 0.2) is 36.7 Å². The van der Waals surface area contributed by atoms with Gasteiger partial charge in [-0.3, -0.25) is 4.79 Å². The van der Waals surface area contributed by atoms with Gasteiger partial charge >= 0.3 is 0 Å². The molecule has 0 aromatic carbocycles. The van der Waals surface area contributed by atoms with Crippen LogP contribution in [0.1, 0.15) is 34.7 Å². The van der Waals surface area contributed by atoms with Crippen molar-refractivity contribution in [3.8, 4) is 0 Å². The van der Waals surface area contributed by atoms with Crippen molar-refractivity contribution in [2.75, 3.05) is 18.8 Å². The fourth-order valence-corrected chi connectivity index (χ4v) is 3.66. The van der Waals surface area contributed by atoms with Crippen LogP contribution in [0, 0.1) is 0 Å². The van der Waals surface area contributed by atoms with E-state index in [-0.39, 0.29) is 11.7 Å². The van der Waals surface area contributed by atoms with Crippen LogP contribution in [0.3, 0.4) is 0 Å². The molecule has 1 fully saturated rings. The van der Waals surface area contributed by atoms with Gasteiger partial charge < -0.3 is 15.6 Å². The minimum atomic E-state index is -0.0827. The first-order valence-corrected chi connectivity index (χ1v) is 8.64. The molecule has 0 bridgehead atoms. The number of anilines is 1. The first-order chi connectivity index (χ1) is 12.1. The number of carbonyl (C=O) groups is 1. The van der Waals surface area contributed by atoms with E-state index in [0.717, 1.165) is 18.5 Å². The molecule has 0 unspecified atom stereocenters. The molecule has 1 aliphatic heterocycles. The molecule has 0 atom stereocenters. The summed E-state index contributed by atoms with van der Waals surface area (Å²) in [4.78, 5) is 26.1. The van der Waals surface area contributed by atoms with Gasteiger partial charge in [-0.1, -0.05) is 11.6 Å². The number of halogens is 1. The van der Waals surface area contributed by atoms with Crippen molar-refractivity contribution in [2.45, 2.75) is 18.8 Å². The normalized spacial score (nSPS) is 15.6. The van der Waals surface area contributed by atoms with Gasteiger partial charge in [0.25, 0.3) is 5.91 Å². The van der Waals surface area contributed by atoms with E-state index < -0.39 is 0 Å². The minimum absolute atomic E-state index is 0.0827. The zero-order valence-corrected chi connectivity index (χ0v) is 14.3.